The van der Waals surface area contributed by atoms with Gasteiger partial charge in [-0.2, -0.15) is 0 Å². The zero-order chi connectivity index (χ0) is 62.7. The third-order valence-electron chi connectivity index (χ3n) is 24.3. The Labute approximate surface area is 564 Å². The van der Waals surface area contributed by atoms with Gasteiger partial charge in [0.2, 0.25) is 0 Å². The van der Waals surface area contributed by atoms with E-state index in [-0.39, 0.29) is 68.1 Å². The van der Waals surface area contributed by atoms with Gasteiger partial charge in [0.25, 0.3) is 0 Å². The average Bonchev–Trinajstić information content (AvgIpc) is 2.09. The minimum atomic E-state index is -0.320. The third-order valence-corrected chi connectivity index (χ3v) is 24.8. The van der Waals surface area contributed by atoms with Crippen LogP contribution in [0, 0.1) is 92.7 Å². The number of nitrogens with two attached hydrogens (primary N) is 1. The summed E-state index contributed by atoms with van der Waals surface area (Å²) in [7, 11) is 0. The quantitative estimate of drug-likeness (QED) is 0.0308. The number of halogens is 1. The zero-order valence-corrected chi connectivity index (χ0v) is 61.9. The van der Waals surface area contributed by atoms with Gasteiger partial charge in [-0.1, -0.05) is 147 Å². The van der Waals surface area contributed by atoms with Gasteiger partial charge < -0.3 is 35.6 Å². The molecule has 9 aliphatic rings. The van der Waals surface area contributed by atoms with Gasteiger partial charge in [0.05, 0.1) is 58.3 Å². The van der Waals surface area contributed by atoms with Gasteiger partial charge in [-0.05, 0) is 229 Å². The molecule has 0 aromatic heterocycles. The first-order valence-electron chi connectivity index (χ1n) is 35.8. The van der Waals surface area contributed by atoms with E-state index in [4.69, 9.17) is 29.4 Å². The molecule has 0 radical (unpaired) electrons. The van der Waals surface area contributed by atoms with Crippen LogP contribution in [-0.4, -0.2) is 113 Å². The van der Waals surface area contributed by atoms with Gasteiger partial charge in [0, 0.05) is 26.3 Å². The van der Waals surface area contributed by atoms with Crippen LogP contribution >= 0.6 is 15.9 Å². The number of carbonyl (C=O) groups excluding carboxylic acids is 3. The normalized spacial score (nSPS) is 34.4. The van der Waals surface area contributed by atoms with E-state index in [1.54, 1.807) is 36.8 Å². The maximum absolute atomic E-state index is 12.1. The van der Waals surface area contributed by atoms with Gasteiger partial charge >= 0.3 is 47.5 Å². The van der Waals surface area contributed by atoms with Crippen LogP contribution in [-0.2, 0) is 42.8 Å². The Morgan fingerprint density at radius 2 is 1.02 bits per heavy atom. The second kappa shape index (κ2) is 37.3. The van der Waals surface area contributed by atoms with Crippen molar-refractivity contribution >= 4 is 33.8 Å². The van der Waals surface area contributed by atoms with Crippen LogP contribution in [0.3, 0.4) is 0 Å². The van der Waals surface area contributed by atoms with Crippen LogP contribution in [0.5, 0.6) is 0 Å². The molecule has 6 saturated carbocycles. The van der Waals surface area contributed by atoms with Crippen molar-refractivity contribution in [1.82, 2.24) is 4.90 Å². The van der Waals surface area contributed by atoms with Gasteiger partial charge in [0.15, 0.2) is 0 Å². The molecule has 87 heavy (non-hydrogen) atoms. The van der Waals surface area contributed by atoms with Crippen LogP contribution < -0.4 is 35.3 Å². The maximum Gasteiger partial charge on any atom is 1.00 e. The number of ether oxygens (including phenoxy) is 6. The molecule has 0 spiro atoms. The molecule has 8 aliphatic carbocycles. The van der Waals surface area contributed by atoms with Crippen LogP contribution in [0.15, 0.2) is 23.3 Å². The molecule has 1 heterocycles. The first-order chi connectivity index (χ1) is 41.1. The SMILES string of the molecule is C1CCOC1.CC(C)CCC[C@@H](C)[C@H]1CCC2C3CC=C4C[C@@H](OCCN)CC[C@]4(C)C3CC[C@@]21C.CCOC(=O)CBr.CCOC(=O)CN(CCO[C@H]1CC[C@@]2(C)C(=CCC3C2CC[C@@]2(C)C3CC[C@@H]2[C@H](C)CCCC(C)C)C1)CC(=O)OCC.[H-].[Na+]. The maximum atomic E-state index is 12.1. The van der Waals surface area contributed by atoms with Crippen molar-refractivity contribution in [2.45, 2.75) is 256 Å². The summed E-state index contributed by atoms with van der Waals surface area (Å²) in [4.78, 5) is 36.1. The summed E-state index contributed by atoms with van der Waals surface area (Å²) in [6.45, 7) is 36.2. The predicted octanol–water partition coefficient (Wildman–Crippen LogP) is 14.1. The second-order valence-corrected chi connectivity index (χ2v) is 31.0. The number of carbonyl (C=O) groups is 3. The van der Waals surface area contributed by atoms with Crippen molar-refractivity contribution in [2.24, 2.45) is 98.4 Å². The fourth-order valence-corrected chi connectivity index (χ4v) is 20.0. The summed E-state index contributed by atoms with van der Waals surface area (Å²) in [6, 6.07) is 0. The van der Waals surface area contributed by atoms with Gasteiger partial charge in [-0.3, -0.25) is 19.3 Å². The zero-order valence-electron chi connectivity index (χ0n) is 59.3. The van der Waals surface area contributed by atoms with Crippen LogP contribution in [0.25, 0.3) is 0 Å². The largest absolute Gasteiger partial charge is 1.00 e. The molecule has 0 aromatic carbocycles. The third kappa shape index (κ3) is 20.6. The number of alkyl halides is 1. The Balaban J connectivity index is 0.000000319. The molecule has 2 N–H and O–H groups in total. The Kier molecular flexibility index (Phi) is 33.0. The van der Waals surface area contributed by atoms with Gasteiger partial charge in [-0.15, -0.1) is 0 Å². The molecule has 16 atom stereocenters. The molecule has 0 amide bonds. The second-order valence-electron chi connectivity index (χ2n) is 30.4. The summed E-state index contributed by atoms with van der Waals surface area (Å²) in [6.07, 6.45) is 38.2. The van der Waals surface area contributed by atoms with E-state index in [1.807, 2.05) is 0 Å². The van der Waals surface area contributed by atoms with Gasteiger partial charge in [0.1, 0.15) is 5.33 Å². The summed E-state index contributed by atoms with van der Waals surface area (Å²) >= 11 is 2.94. The van der Waals surface area contributed by atoms with Crippen molar-refractivity contribution < 1.29 is 73.8 Å². The summed E-state index contributed by atoms with van der Waals surface area (Å²) in [5, 5.41) is 0.292. The standard InChI is InChI=1S/C37H63NO5.C29H51NO.C4H7BrO2.C4H8O.Na.H/c1-8-41-34(39)24-38(25-35(40)42-9-2)21-22-43-29-17-19-36(6)28(23-29)13-14-30-32-16-15-31(27(5)12-10-11-26(3)4)37(32,7)20-18-33(30)36;1-20(2)7-6-8-21(3)25-11-12-26-24-10-9-22-19-23(31-18-17-30)13-15-28(22,4)27(24)14-16-29(25,26)5;1-2-7-4(6)3-5;1-2-4-5-3-1;;/h13,26-27,29-33H,8-12,14-25H2,1-7H3;9,20-21,23-27H,6-8,10-19,30H2,1-5H3;2-3H2,1H3;1-4H2;;/q;;;;+1;-1/t27-,29+,30?,31-,32?,33?,36+,37-;21-,23+,24?,25-,26?,27?,28+,29-;;;;/m11..../s1. The Morgan fingerprint density at radius 3 is 1.39 bits per heavy atom. The van der Waals surface area contributed by atoms with E-state index in [2.05, 4.69) is 102 Å². The van der Waals surface area contributed by atoms with Crippen LogP contribution in [0.2, 0.25) is 0 Å². The van der Waals surface area contributed by atoms with E-state index in [9.17, 15) is 14.4 Å². The molecule has 1 saturated heterocycles. The number of hydrogen-bond donors (Lipinski definition) is 1. The van der Waals surface area contributed by atoms with Crippen molar-refractivity contribution in [3.63, 3.8) is 0 Å². The molecule has 13 heteroatoms. The summed E-state index contributed by atoms with van der Waals surface area (Å²) in [5.74, 6) is 9.81. The first-order valence-corrected chi connectivity index (χ1v) is 36.9. The minimum absolute atomic E-state index is 0. The van der Waals surface area contributed by atoms with Crippen LogP contribution in [0.1, 0.15) is 246 Å². The number of allylic oxidation sites excluding steroid dienone is 2. The first kappa shape index (κ1) is 76.9. The molecule has 9 rings (SSSR count). The summed E-state index contributed by atoms with van der Waals surface area (Å²) < 4.78 is 32.2. The predicted molar refractivity (Wildman–Crippen MR) is 356 cm³/mol. The molecule has 0 bridgehead atoms. The Bertz CT molecular complexity index is 2100. The fraction of sp³-hybridized carbons (Fsp3) is 0.905. The molecule has 498 valence electrons. The molecule has 6 unspecified atom stereocenters. The fourth-order valence-electron chi connectivity index (χ4n) is 19.9. The molecule has 11 nitrogen and oxygen atoms in total. The number of esters is 3. The van der Waals surface area contributed by atoms with Crippen molar-refractivity contribution in [3.05, 3.63) is 23.3 Å². The van der Waals surface area contributed by atoms with Gasteiger partial charge in [-0.25, -0.2) is 0 Å². The van der Waals surface area contributed by atoms with E-state index in [0.29, 0.717) is 72.6 Å². The van der Waals surface area contributed by atoms with E-state index < -0.39 is 0 Å². The van der Waals surface area contributed by atoms with Crippen molar-refractivity contribution in [1.29, 1.82) is 0 Å². The smallest absolute Gasteiger partial charge is 1.00 e. The van der Waals surface area contributed by atoms with Crippen LogP contribution in [0.4, 0.5) is 0 Å². The van der Waals surface area contributed by atoms with E-state index in [0.717, 1.165) is 110 Å². The molecular formula is C74H130BrN2NaO9. The van der Waals surface area contributed by atoms with E-state index in [1.165, 1.54) is 135 Å². The number of nitrogens with zero attached hydrogens (tertiary/aromatic N) is 1. The van der Waals surface area contributed by atoms with Crippen molar-refractivity contribution in [2.75, 3.05) is 77.8 Å². The van der Waals surface area contributed by atoms with E-state index >= 15 is 0 Å². The molecule has 7 fully saturated rings. The summed E-state index contributed by atoms with van der Waals surface area (Å²) in [5.41, 5.74) is 10.9. The topological polar surface area (TPSA) is 136 Å². The number of hydrogen-bond acceptors (Lipinski definition) is 11. The number of rotatable bonds is 25. The number of fused-ring (bicyclic) bond motifs is 10. The minimum Gasteiger partial charge on any atom is -1.00 e. The molecule has 1 aliphatic heterocycles. The Morgan fingerprint density at radius 1 is 0.598 bits per heavy atom. The Hall–Kier alpha value is -0.830. The molecule has 0 aromatic rings. The average molecular weight is 1290 g/mol. The monoisotopic (exact) mass is 1290 g/mol. The molecular weight excluding hydrogens is 1160 g/mol. The van der Waals surface area contributed by atoms with Crippen molar-refractivity contribution in [3.8, 4) is 0 Å².